The molecule has 24 heavy (non-hydrogen) atoms. The van der Waals surface area contributed by atoms with Crippen molar-refractivity contribution < 1.29 is 17.9 Å². The molecular weight excluding hydrogens is 326 g/mol. The quantitative estimate of drug-likeness (QED) is 0.792. The van der Waals surface area contributed by atoms with E-state index in [-0.39, 0.29) is 10.9 Å². The Hall–Kier alpha value is -2.05. The molecule has 2 rings (SSSR count). The molecule has 0 heterocycles. The van der Waals surface area contributed by atoms with Crippen LogP contribution in [0.25, 0.3) is 0 Å². The molecule has 0 radical (unpaired) electrons. The molecule has 0 saturated carbocycles. The minimum absolute atomic E-state index is 0.220. The first-order valence-electron chi connectivity index (χ1n) is 7.89. The summed E-state index contributed by atoms with van der Waals surface area (Å²) >= 11 is 0. The maximum absolute atomic E-state index is 12.6. The van der Waals surface area contributed by atoms with Crippen LogP contribution in [0.2, 0.25) is 0 Å². The van der Waals surface area contributed by atoms with Crippen molar-refractivity contribution in [3.05, 3.63) is 54.1 Å². The van der Waals surface area contributed by atoms with Gasteiger partial charge >= 0.3 is 0 Å². The topological polar surface area (TPSA) is 64.6 Å². The van der Waals surface area contributed by atoms with Crippen molar-refractivity contribution in [2.75, 3.05) is 13.7 Å². The van der Waals surface area contributed by atoms with Gasteiger partial charge in [-0.25, -0.2) is 13.1 Å². The van der Waals surface area contributed by atoms with Crippen LogP contribution in [0.1, 0.15) is 31.9 Å². The van der Waals surface area contributed by atoms with Crippen LogP contribution >= 0.6 is 0 Å². The number of benzene rings is 2. The van der Waals surface area contributed by atoms with Gasteiger partial charge in [-0.15, -0.1) is 0 Å². The van der Waals surface area contributed by atoms with Gasteiger partial charge in [-0.3, -0.25) is 0 Å². The second-order valence-corrected chi connectivity index (χ2v) is 6.97. The molecule has 6 heteroatoms. The summed E-state index contributed by atoms with van der Waals surface area (Å²) in [5.41, 5.74) is 0.896. The third-order valence-electron chi connectivity index (χ3n) is 3.67. The molecular formula is C18H23NO4S. The molecule has 2 aromatic carbocycles. The van der Waals surface area contributed by atoms with Gasteiger partial charge in [-0.2, -0.15) is 0 Å². The van der Waals surface area contributed by atoms with Crippen molar-refractivity contribution in [1.29, 1.82) is 0 Å². The Morgan fingerprint density at radius 2 is 1.54 bits per heavy atom. The number of hydrogen-bond acceptors (Lipinski definition) is 4. The van der Waals surface area contributed by atoms with Crippen molar-refractivity contribution in [1.82, 2.24) is 4.72 Å². The van der Waals surface area contributed by atoms with E-state index < -0.39 is 10.0 Å². The Bertz CT molecular complexity index is 740. The number of nitrogens with one attached hydrogen (secondary N) is 1. The molecule has 130 valence electrons. The fraction of sp³-hybridized carbons (Fsp3) is 0.333. The maximum Gasteiger partial charge on any atom is 0.241 e. The largest absolute Gasteiger partial charge is 0.497 e. The highest BCUT2D eigenvalue weighted by Gasteiger charge is 2.20. The van der Waals surface area contributed by atoms with Crippen molar-refractivity contribution in [3.63, 3.8) is 0 Å². The van der Waals surface area contributed by atoms with E-state index in [0.29, 0.717) is 18.8 Å². The van der Waals surface area contributed by atoms with Crippen LogP contribution in [0.5, 0.6) is 11.5 Å². The van der Waals surface area contributed by atoms with Gasteiger partial charge in [0.2, 0.25) is 10.0 Å². The van der Waals surface area contributed by atoms with E-state index in [1.165, 1.54) is 0 Å². The first kappa shape index (κ1) is 18.3. The highest BCUT2D eigenvalue weighted by molar-refractivity contribution is 7.89. The normalized spacial score (nSPS) is 12.6. The molecule has 0 spiro atoms. The molecule has 1 N–H and O–H groups in total. The molecule has 1 atom stereocenters. The second kappa shape index (κ2) is 8.17. The Balaban J connectivity index is 2.18. The fourth-order valence-electron chi connectivity index (χ4n) is 2.36. The van der Waals surface area contributed by atoms with Gasteiger partial charge in [0.05, 0.1) is 18.6 Å². The van der Waals surface area contributed by atoms with Crippen molar-refractivity contribution in [3.8, 4) is 11.5 Å². The van der Waals surface area contributed by atoms with Crippen LogP contribution < -0.4 is 14.2 Å². The lowest BCUT2D eigenvalue weighted by Gasteiger charge is -2.18. The highest BCUT2D eigenvalue weighted by Crippen LogP contribution is 2.23. The van der Waals surface area contributed by atoms with E-state index in [2.05, 4.69) is 4.72 Å². The number of ether oxygens (including phenoxy) is 2. The SMILES string of the molecule is CCOc1ccc(S(=O)(=O)N[C@@H](CC)c2ccc(OC)cc2)cc1. The van der Waals surface area contributed by atoms with E-state index in [4.69, 9.17) is 9.47 Å². The molecule has 0 aliphatic rings. The zero-order chi connectivity index (χ0) is 17.6. The highest BCUT2D eigenvalue weighted by atomic mass is 32.2. The molecule has 0 bridgehead atoms. The van der Waals surface area contributed by atoms with E-state index in [1.54, 1.807) is 31.4 Å². The summed E-state index contributed by atoms with van der Waals surface area (Å²) in [6.07, 6.45) is 0.641. The Morgan fingerprint density at radius 3 is 2.04 bits per heavy atom. The van der Waals surface area contributed by atoms with E-state index >= 15 is 0 Å². The first-order valence-corrected chi connectivity index (χ1v) is 9.37. The summed E-state index contributed by atoms with van der Waals surface area (Å²) in [6, 6.07) is 13.5. The van der Waals surface area contributed by atoms with E-state index in [0.717, 1.165) is 11.3 Å². The smallest absolute Gasteiger partial charge is 0.241 e. The fourth-order valence-corrected chi connectivity index (χ4v) is 3.67. The molecule has 0 aromatic heterocycles. The minimum atomic E-state index is -3.60. The summed E-state index contributed by atoms with van der Waals surface area (Å²) in [4.78, 5) is 0.220. The van der Waals surface area contributed by atoms with Crippen LogP contribution in [0.4, 0.5) is 0 Å². The van der Waals surface area contributed by atoms with Gasteiger partial charge in [0.25, 0.3) is 0 Å². The Morgan fingerprint density at radius 1 is 0.958 bits per heavy atom. The molecule has 0 saturated heterocycles. The molecule has 0 aliphatic heterocycles. The molecule has 0 amide bonds. The zero-order valence-electron chi connectivity index (χ0n) is 14.2. The summed E-state index contributed by atoms with van der Waals surface area (Å²) in [6.45, 7) is 4.36. The molecule has 0 fully saturated rings. The average molecular weight is 349 g/mol. The minimum Gasteiger partial charge on any atom is -0.497 e. The Kier molecular flexibility index (Phi) is 6.23. The third kappa shape index (κ3) is 4.49. The van der Waals surface area contributed by atoms with Gasteiger partial charge in [-0.1, -0.05) is 19.1 Å². The number of rotatable bonds is 8. The summed E-state index contributed by atoms with van der Waals surface area (Å²) in [7, 11) is -2.01. The van der Waals surface area contributed by atoms with Crippen molar-refractivity contribution in [2.24, 2.45) is 0 Å². The lowest BCUT2D eigenvalue weighted by molar-refractivity contribution is 0.340. The lowest BCUT2D eigenvalue weighted by Crippen LogP contribution is -2.28. The number of sulfonamides is 1. The van der Waals surface area contributed by atoms with E-state index in [9.17, 15) is 8.42 Å². The van der Waals surface area contributed by atoms with Gasteiger partial charge < -0.3 is 9.47 Å². The maximum atomic E-state index is 12.6. The van der Waals surface area contributed by atoms with Gasteiger partial charge in [-0.05, 0) is 55.3 Å². The van der Waals surface area contributed by atoms with Crippen molar-refractivity contribution in [2.45, 2.75) is 31.2 Å². The Labute approximate surface area is 143 Å². The van der Waals surface area contributed by atoms with Crippen LogP contribution in [0.3, 0.4) is 0 Å². The third-order valence-corrected chi connectivity index (χ3v) is 5.16. The molecule has 0 unspecified atom stereocenters. The summed E-state index contributed by atoms with van der Waals surface area (Å²) in [5.74, 6) is 1.39. The molecule has 5 nitrogen and oxygen atoms in total. The first-order chi connectivity index (χ1) is 11.5. The monoisotopic (exact) mass is 349 g/mol. The predicted octanol–water partition coefficient (Wildman–Crippen LogP) is 3.52. The van der Waals surface area contributed by atoms with Crippen LogP contribution in [0.15, 0.2) is 53.4 Å². The summed E-state index contributed by atoms with van der Waals surface area (Å²) < 4.78 is 38.4. The molecule has 0 aliphatic carbocycles. The standard InChI is InChI=1S/C18H23NO4S/c1-4-18(14-6-8-15(22-3)9-7-14)19-24(20,21)17-12-10-16(11-13-17)23-5-2/h6-13,18-19H,4-5H2,1-3H3/t18-/m0/s1. The number of hydrogen-bond donors (Lipinski definition) is 1. The average Bonchev–Trinajstić information content (AvgIpc) is 2.60. The van der Waals surface area contributed by atoms with Gasteiger partial charge in [0, 0.05) is 6.04 Å². The van der Waals surface area contributed by atoms with Crippen LogP contribution in [-0.4, -0.2) is 22.1 Å². The summed E-state index contributed by atoms with van der Waals surface area (Å²) in [5, 5.41) is 0. The van der Waals surface area contributed by atoms with Gasteiger partial charge in [0.1, 0.15) is 11.5 Å². The van der Waals surface area contributed by atoms with Crippen LogP contribution in [-0.2, 0) is 10.0 Å². The predicted molar refractivity (Wildman–Crippen MR) is 94.0 cm³/mol. The zero-order valence-corrected chi connectivity index (χ0v) is 15.0. The molecule has 2 aromatic rings. The van der Waals surface area contributed by atoms with Gasteiger partial charge in [0.15, 0.2) is 0 Å². The number of methoxy groups -OCH3 is 1. The van der Waals surface area contributed by atoms with Crippen LogP contribution in [0, 0.1) is 0 Å². The second-order valence-electron chi connectivity index (χ2n) is 5.26. The van der Waals surface area contributed by atoms with Crippen molar-refractivity contribution >= 4 is 10.0 Å². The van der Waals surface area contributed by atoms with E-state index in [1.807, 2.05) is 38.1 Å². The lowest BCUT2D eigenvalue weighted by atomic mass is 10.1.